The summed E-state index contributed by atoms with van der Waals surface area (Å²) in [4.78, 5) is 0. The van der Waals surface area contributed by atoms with Gasteiger partial charge in [0, 0.05) is 13.2 Å². The van der Waals surface area contributed by atoms with Crippen molar-refractivity contribution in [3.63, 3.8) is 0 Å². The van der Waals surface area contributed by atoms with Gasteiger partial charge in [-0.3, -0.25) is 0 Å². The Hall–Kier alpha value is -0.875. The Kier molecular flexibility index (Phi) is 4.56. The summed E-state index contributed by atoms with van der Waals surface area (Å²) in [6.07, 6.45) is 2.12. The highest BCUT2D eigenvalue weighted by atomic mass is 16.5. The molecule has 1 aromatic rings. The van der Waals surface area contributed by atoms with Gasteiger partial charge in [-0.2, -0.15) is 0 Å². The van der Waals surface area contributed by atoms with Gasteiger partial charge in [0.15, 0.2) is 0 Å². The molecule has 0 aromatic heterocycles. The van der Waals surface area contributed by atoms with E-state index in [2.05, 4.69) is 0 Å². The molecule has 0 aliphatic carbocycles. The van der Waals surface area contributed by atoms with Crippen molar-refractivity contribution in [1.82, 2.24) is 0 Å². The lowest BCUT2D eigenvalue weighted by Gasteiger charge is -2.22. The summed E-state index contributed by atoms with van der Waals surface area (Å²) in [6.45, 7) is 2.03. The first-order chi connectivity index (χ1) is 8.25. The summed E-state index contributed by atoms with van der Waals surface area (Å²) in [6, 6.07) is 7.16. The zero-order valence-corrected chi connectivity index (χ0v) is 9.71. The molecular formula is C12H17BO4. The predicted octanol–water partition coefficient (Wildman–Crippen LogP) is 0.0620. The van der Waals surface area contributed by atoms with E-state index in [4.69, 9.17) is 19.5 Å². The number of benzene rings is 1. The normalized spacial score (nSPS) is 17.1. The molecule has 1 aliphatic heterocycles. The largest absolute Gasteiger partial charge is 0.488 e. The molecule has 0 spiro atoms. The van der Waals surface area contributed by atoms with Crippen LogP contribution in [0.3, 0.4) is 0 Å². The van der Waals surface area contributed by atoms with Gasteiger partial charge in [0.1, 0.15) is 0 Å². The molecular weight excluding hydrogens is 219 g/mol. The maximum absolute atomic E-state index is 9.06. The Balaban J connectivity index is 1.87. The van der Waals surface area contributed by atoms with Gasteiger partial charge in [0.2, 0.25) is 0 Å². The minimum Gasteiger partial charge on any atom is -0.423 e. The van der Waals surface area contributed by atoms with Gasteiger partial charge >= 0.3 is 7.12 Å². The first kappa shape index (κ1) is 12.6. The van der Waals surface area contributed by atoms with Crippen LogP contribution in [0.1, 0.15) is 18.4 Å². The zero-order chi connectivity index (χ0) is 12.1. The second-order valence-corrected chi connectivity index (χ2v) is 4.24. The van der Waals surface area contributed by atoms with Crippen LogP contribution < -0.4 is 5.46 Å². The Morgan fingerprint density at radius 2 is 2.06 bits per heavy atom. The smallest absolute Gasteiger partial charge is 0.423 e. The van der Waals surface area contributed by atoms with Crippen LogP contribution in [0.2, 0.25) is 0 Å². The van der Waals surface area contributed by atoms with E-state index < -0.39 is 7.12 Å². The van der Waals surface area contributed by atoms with Crippen molar-refractivity contribution in [2.45, 2.75) is 25.6 Å². The highest BCUT2D eigenvalue weighted by molar-refractivity contribution is 6.58. The fraction of sp³-hybridized carbons (Fsp3) is 0.500. The van der Waals surface area contributed by atoms with E-state index in [-0.39, 0.29) is 6.10 Å². The van der Waals surface area contributed by atoms with Crippen LogP contribution in [0.5, 0.6) is 0 Å². The van der Waals surface area contributed by atoms with E-state index >= 15 is 0 Å². The van der Waals surface area contributed by atoms with E-state index in [0.29, 0.717) is 12.1 Å². The number of hydrogen-bond donors (Lipinski definition) is 2. The van der Waals surface area contributed by atoms with Gasteiger partial charge in [-0.15, -0.1) is 0 Å². The zero-order valence-electron chi connectivity index (χ0n) is 9.71. The van der Waals surface area contributed by atoms with Crippen molar-refractivity contribution >= 4 is 12.6 Å². The van der Waals surface area contributed by atoms with Gasteiger partial charge in [-0.25, -0.2) is 0 Å². The van der Waals surface area contributed by atoms with Crippen LogP contribution in [0, 0.1) is 0 Å². The molecule has 2 rings (SSSR count). The third-order valence-electron chi connectivity index (χ3n) is 2.90. The molecule has 0 bridgehead atoms. The molecule has 1 aliphatic rings. The van der Waals surface area contributed by atoms with Crippen molar-refractivity contribution in [2.24, 2.45) is 0 Å². The van der Waals surface area contributed by atoms with Crippen molar-refractivity contribution in [1.29, 1.82) is 0 Å². The number of hydrogen-bond acceptors (Lipinski definition) is 4. The minimum absolute atomic E-state index is 0.256. The van der Waals surface area contributed by atoms with Gasteiger partial charge < -0.3 is 19.5 Å². The third kappa shape index (κ3) is 3.82. The molecule has 17 heavy (non-hydrogen) atoms. The highest BCUT2D eigenvalue weighted by Crippen LogP contribution is 2.12. The molecule has 5 heteroatoms. The molecule has 1 aromatic carbocycles. The highest BCUT2D eigenvalue weighted by Gasteiger charge is 2.15. The fourth-order valence-electron chi connectivity index (χ4n) is 1.90. The lowest BCUT2D eigenvalue weighted by Crippen LogP contribution is -2.30. The molecule has 0 saturated carbocycles. The lowest BCUT2D eigenvalue weighted by atomic mass is 9.80. The fourth-order valence-corrected chi connectivity index (χ4v) is 1.90. The summed E-state index contributed by atoms with van der Waals surface area (Å²) < 4.78 is 11.0. The topological polar surface area (TPSA) is 58.9 Å². The predicted molar refractivity (Wildman–Crippen MR) is 64.9 cm³/mol. The van der Waals surface area contributed by atoms with E-state index in [9.17, 15) is 0 Å². The minimum atomic E-state index is -1.42. The molecule has 0 radical (unpaired) electrons. The van der Waals surface area contributed by atoms with Crippen LogP contribution in [-0.4, -0.2) is 36.5 Å². The standard InChI is InChI=1S/C12H17BO4/c14-13(15)11-3-1-2-10(8-11)9-17-12-4-6-16-7-5-12/h1-3,8,12,14-15H,4-7,9H2. The summed E-state index contributed by atoms with van der Waals surface area (Å²) in [5, 5.41) is 18.1. The Morgan fingerprint density at radius 1 is 1.29 bits per heavy atom. The van der Waals surface area contributed by atoms with E-state index in [1.165, 1.54) is 0 Å². The maximum Gasteiger partial charge on any atom is 0.488 e. The van der Waals surface area contributed by atoms with Gasteiger partial charge in [-0.1, -0.05) is 24.3 Å². The number of rotatable bonds is 4. The number of ether oxygens (including phenoxy) is 2. The van der Waals surface area contributed by atoms with E-state index in [1.54, 1.807) is 18.2 Å². The summed E-state index contributed by atoms with van der Waals surface area (Å²) in [5.41, 5.74) is 1.46. The SMILES string of the molecule is OB(O)c1cccc(COC2CCOCC2)c1. The second-order valence-electron chi connectivity index (χ2n) is 4.24. The van der Waals surface area contributed by atoms with Crippen molar-refractivity contribution in [3.05, 3.63) is 29.8 Å². The van der Waals surface area contributed by atoms with Gasteiger partial charge in [-0.05, 0) is 23.9 Å². The van der Waals surface area contributed by atoms with Crippen LogP contribution in [-0.2, 0) is 16.1 Å². The molecule has 1 heterocycles. The Labute approximate surface area is 101 Å². The van der Waals surface area contributed by atoms with Gasteiger partial charge in [0.05, 0.1) is 12.7 Å². The van der Waals surface area contributed by atoms with Crippen molar-refractivity contribution in [3.8, 4) is 0 Å². The summed E-state index contributed by atoms with van der Waals surface area (Å²) in [5.74, 6) is 0. The van der Waals surface area contributed by atoms with Gasteiger partial charge in [0.25, 0.3) is 0 Å². The van der Waals surface area contributed by atoms with Crippen LogP contribution >= 0.6 is 0 Å². The molecule has 92 valence electrons. The van der Waals surface area contributed by atoms with E-state index in [0.717, 1.165) is 31.6 Å². The first-order valence-corrected chi connectivity index (χ1v) is 5.90. The summed E-state index contributed by atoms with van der Waals surface area (Å²) >= 11 is 0. The van der Waals surface area contributed by atoms with Crippen molar-refractivity contribution in [2.75, 3.05) is 13.2 Å². The average molecular weight is 236 g/mol. The monoisotopic (exact) mass is 236 g/mol. The Bertz CT molecular complexity index is 350. The van der Waals surface area contributed by atoms with Crippen LogP contribution in [0.25, 0.3) is 0 Å². The average Bonchev–Trinajstić information content (AvgIpc) is 2.38. The lowest BCUT2D eigenvalue weighted by molar-refractivity contribution is -0.0390. The molecule has 0 unspecified atom stereocenters. The maximum atomic E-state index is 9.06. The van der Waals surface area contributed by atoms with Crippen molar-refractivity contribution < 1.29 is 19.5 Å². The molecule has 0 amide bonds. The Morgan fingerprint density at radius 3 is 2.76 bits per heavy atom. The third-order valence-corrected chi connectivity index (χ3v) is 2.90. The molecule has 4 nitrogen and oxygen atoms in total. The first-order valence-electron chi connectivity index (χ1n) is 5.90. The molecule has 1 saturated heterocycles. The van der Waals surface area contributed by atoms with Crippen LogP contribution in [0.15, 0.2) is 24.3 Å². The second kappa shape index (κ2) is 6.16. The van der Waals surface area contributed by atoms with Crippen LogP contribution in [0.4, 0.5) is 0 Å². The molecule has 1 fully saturated rings. The summed E-state index contributed by atoms with van der Waals surface area (Å²) in [7, 11) is -1.42. The molecule has 2 N–H and O–H groups in total. The van der Waals surface area contributed by atoms with E-state index in [1.807, 2.05) is 6.07 Å². The quantitative estimate of drug-likeness (QED) is 0.726. The molecule has 0 atom stereocenters.